The van der Waals surface area contributed by atoms with Gasteiger partial charge < -0.3 is 10.3 Å². The van der Waals surface area contributed by atoms with Crippen LogP contribution in [0, 0.1) is 11.7 Å². The summed E-state index contributed by atoms with van der Waals surface area (Å²) in [5.74, 6) is 0.214. The molecule has 1 amide bonds. The smallest absolute Gasteiger partial charge is 0.255 e. The highest BCUT2D eigenvalue weighted by Crippen LogP contribution is 2.28. The first-order valence-corrected chi connectivity index (χ1v) is 11.2. The second-order valence-electron chi connectivity index (χ2n) is 7.94. The van der Waals surface area contributed by atoms with Crippen LogP contribution in [-0.4, -0.2) is 21.6 Å². The zero-order valence-corrected chi connectivity index (χ0v) is 17.8. The summed E-state index contributed by atoms with van der Waals surface area (Å²) in [6.45, 7) is 4.03. The minimum absolute atomic E-state index is 0.102. The van der Waals surface area contributed by atoms with Crippen LogP contribution in [0.25, 0.3) is 0 Å². The van der Waals surface area contributed by atoms with Crippen LogP contribution >= 0.6 is 11.8 Å². The highest BCUT2D eigenvalue weighted by molar-refractivity contribution is 7.99. The molecular formula is C22H28FN3O2S. The van der Waals surface area contributed by atoms with Crippen LogP contribution in [0.15, 0.2) is 34.2 Å². The maximum Gasteiger partial charge on any atom is 0.255 e. The van der Waals surface area contributed by atoms with E-state index in [1.165, 1.54) is 68.1 Å². The Balaban J connectivity index is 1.69. The van der Waals surface area contributed by atoms with Crippen LogP contribution in [0.2, 0.25) is 0 Å². The fourth-order valence-electron chi connectivity index (χ4n) is 3.85. The molecule has 29 heavy (non-hydrogen) atoms. The lowest BCUT2D eigenvalue weighted by atomic mass is 9.84. The number of hydrogen-bond acceptors (Lipinski definition) is 4. The zero-order valence-electron chi connectivity index (χ0n) is 17.0. The van der Waals surface area contributed by atoms with Crippen molar-refractivity contribution in [3.8, 4) is 0 Å². The van der Waals surface area contributed by atoms with E-state index in [2.05, 4.69) is 10.3 Å². The maximum absolute atomic E-state index is 13.0. The summed E-state index contributed by atoms with van der Waals surface area (Å²) in [4.78, 5) is 32.4. The summed E-state index contributed by atoms with van der Waals surface area (Å²) < 4.78 is 13.0. The van der Waals surface area contributed by atoms with Gasteiger partial charge in [0.1, 0.15) is 5.82 Å². The number of benzene rings is 1. The molecule has 0 radical (unpaired) electrons. The van der Waals surface area contributed by atoms with E-state index in [4.69, 9.17) is 4.98 Å². The molecule has 1 aromatic heterocycles. The number of nitrogens with one attached hydrogen (secondary N) is 2. The molecule has 1 aliphatic carbocycles. The summed E-state index contributed by atoms with van der Waals surface area (Å²) in [6, 6.07) is 5.61. The lowest BCUT2D eigenvalue weighted by molar-refractivity contribution is -0.113. The van der Waals surface area contributed by atoms with Crippen LogP contribution < -0.4 is 10.9 Å². The fraction of sp³-hybridized carbons (Fsp3) is 0.500. The van der Waals surface area contributed by atoms with E-state index in [-0.39, 0.29) is 29.0 Å². The minimum atomic E-state index is -0.352. The molecule has 0 saturated heterocycles. The van der Waals surface area contributed by atoms with Gasteiger partial charge in [-0.1, -0.05) is 57.7 Å². The summed E-state index contributed by atoms with van der Waals surface area (Å²) in [5.41, 5.74) is 2.06. The second kappa shape index (κ2) is 10.1. The van der Waals surface area contributed by atoms with Crippen molar-refractivity contribution in [3.63, 3.8) is 0 Å². The Kier molecular flexibility index (Phi) is 7.47. The molecule has 0 unspecified atom stereocenters. The molecule has 0 atom stereocenters. The van der Waals surface area contributed by atoms with E-state index in [0.29, 0.717) is 16.8 Å². The third-order valence-corrected chi connectivity index (χ3v) is 6.14. The summed E-state index contributed by atoms with van der Waals surface area (Å²) >= 11 is 1.21. The Hall–Kier alpha value is -2.15. The van der Waals surface area contributed by atoms with Crippen molar-refractivity contribution in [2.75, 3.05) is 11.1 Å². The summed E-state index contributed by atoms with van der Waals surface area (Å²) in [7, 11) is 0. The quantitative estimate of drug-likeness (QED) is 0.497. The topological polar surface area (TPSA) is 74.8 Å². The minimum Gasteiger partial charge on any atom is -0.325 e. The molecule has 5 nitrogen and oxygen atoms in total. The Morgan fingerprint density at radius 2 is 1.93 bits per heavy atom. The normalized spacial score (nSPS) is 14.9. The van der Waals surface area contributed by atoms with Gasteiger partial charge in [0.15, 0.2) is 5.16 Å². The molecule has 1 saturated carbocycles. The van der Waals surface area contributed by atoms with Crippen molar-refractivity contribution in [1.29, 1.82) is 0 Å². The van der Waals surface area contributed by atoms with Crippen molar-refractivity contribution < 1.29 is 9.18 Å². The number of carbonyl (C=O) groups excluding carboxylic acids is 1. The largest absolute Gasteiger partial charge is 0.325 e. The maximum atomic E-state index is 13.0. The van der Waals surface area contributed by atoms with E-state index in [1.54, 1.807) is 0 Å². The number of rotatable bonds is 7. The van der Waals surface area contributed by atoms with Gasteiger partial charge in [0.05, 0.1) is 11.4 Å². The zero-order chi connectivity index (χ0) is 20.8. The van der Waals surface area contributed by atoms with Crippen LogP contribution in [0.1, 0.15) is 63.1 Å². The number of aromatic amines is 1. The molecule has 1 heterocycles. The third kappa shape index (κ3) is 6.16. The van der Waals surface area contributed by atoms with E-state index in [1.807, 2.05) is 13.8 Å². The fourth-order valence-corrected chi connectivity index (χ4v) is 4.53. The molecule has 1 fully saturated rings. The van der Waals surface area contributed by atoms with E-state index >= 15 is 0 Å². The van der Waals surface area contributed by atoms with Crippen LogP contribution in [-0.2, 0) is 11.2 Å². The molecule has 7 heteroatoms. The number of carbonyl (C=O) groups is 1. The predicted molar refractivity (Wildman–Crippen MR) is 115 cm³/mol. The van der Waals surface area contributed by atoms with Crippen molar-refractivity contribution >= 4 is 23.4 Å². The van der Waals surface area contributed by atoms with Gasteiger partial charge in [0, 0.05) is 11.3 Å². The third-order valence-electron chi connectivity index (χ3n) is 5.26. The monoisotopic (exact) mass is 417 g/mol. The van der Waals surface area contributed by atoms with Gasteiger partial charge in [0.25, 0.3) is 5.56 Å². The molecule has 2 N–H and O–H groups in total. The average molecular weight is 418 g/mol. The number of nitrogens with zero attached hydrogens (tertiary/aromatic N) is 1. The standard InChI is InChI=1S/C22H28FN3O2S/c1-14(2)20-18(12-15-6-4-3-5-7-15)25-22(26-21(20)28)29-13-19(27)24-17-10-8-16(23)9-11-17/h8-11,14-15H,3-7,12-13H2,1-2H3,(H,24,27)(H,25,26,28). The van der Waals surface area contributed by atoms with Crippen LogP contribution in [0.4, 0.5) is 10.1 Å². The molecule has 3 rings (SSSR count). The Morgan fingerprint density at radius 3 is 2.59 bits per heavy atom. The molecule has 0 spiro atoms. The number of thioether (sulfide) groups is 1. The number of amides is 1. The summed E-state index contributed by atoms with van der Waals surface area (Å²) in [6.07, 6.45) is 6.99. The van der Waals surface area contributed by atoms with Crippen molar-refractivity contribution in [2.24, 2.45) is 5.92 Å². The van der Waals surface area contributed by atoms with Crippen LogP contribution in [0.5, 0.6) is 0 Å². The van der Waals surface area contributed by atoms with Gasteiger partial charge in [0.2, 0.25) is 5.91 Å². The van der Waals surface area contributed by atoms with Crippen LogP contribution in [0.3, 0.4) is 0 Å². The van der Waals surface area contributed by atoms with Crippen molar-refractivity contribution in [3.05, 3.63) is 51.7 Å². The molecule has 2 aromatic rings. The van der Waals surface area contributed by atoms with E-state index in [9.17, 15) is 14.0 Å². The Bertz CT molecular complexity index is 890. The van der Waals surface area contributed by atoms with Crippen molar-refractivity contribution in [1.82, 2.24) is 9.97 Å². The van der Waals surface area contributed by atoms with Gasteiger partial charge in [-0.15, -0.1) is 0 Å². The SMILES string of the molecule is CC(C)c1c(CC2CCCCC2)nc(SCC(=O)Nc2ccc(F)cc2)[nH]c1=O. The molecule has 0 aliphatic heterocycles. The van der Waals surface area contributed by atoms with Gasteiger partial charge in [-0.2, -0.15) is 0 Å². The average Bonchev–Trinajstić information content (AvgIpc) is 2.68. The first kappa shape index (κ1) is 21.6. The lowest BCUT2D eigenvalue weighted by Gasteiger charge is -2.22. The molecule has 1 aromatic carbocycles. The number of anilines is 1. The summed E-state index contributed by atoms with van der Waals surface area (Å²) in [5, 5.41) is 3.19. The Labute approximate surface area is 174 Å². The van der Waals surface area contributed by atoms with E-state index in [0.717, 1.165) is 17.7 Å². The first-order chi connectivity index (χ1) is 13.9. The van der Waals surface area contributed by atoms with Crippen molar-refractivity contribution in [2.45, 2.75) is 63.4 Å². The van der Waals surface area contributed by atoms with Gasteiger partial charge in [-0.05, 0) is 42.5 Å². The molecular weight excluding hydrogens is 389 g/mol. The van der Waals surface area contributed by atoms with Gasteiger partial charge in [-0.3, -0.25) is 9.59 Å². The van der Waals surface area contributed by atoms with E-state index < -0.39 is 0 Å². The number of aromatic nitrogens is 2. The highest BCUT2D eigenvalue weighted by atomic mass is 32.2. The highest BCUT2D eigenvalue weighted by Gasteiger charge is 2.21. The number of H-pyrrole nitrogens is 1. The molecule has 156 valence electrons. The number of halogens is 1. The first-order valence-electron chi connectivity index (χ1n) is 10.2. The molecule has 0 bridgehead atoms. The van der Waals surface area contributed by atoms with Gasteiger partial charge in [-0.25, -0.2) is 9.37 Å². The Morgan fingerprint density at radius 1 is 1.24 bits per heavy atom. The lowest BCUT2D eigenvalue weighted by Crippen LogP contribution is -2.23. The predicted octanol–water partition coefficient (Wildman–Crippen LogP) is 4.89. The second-order valence-corrected chi connectivity index (χ2v) is 8.90. The molecule has 1 aliphatic rings. The number of hydrogen-bond donors (Lipinski definition) is 2. The van der Waals surface area contributed by atoms with Gasteiger partial charge >= 0.3 is 0 Å².